The summed E-state index contributed by atoms with van der Waals surface area (Å²) in [6.07, 6.45) is 0.394. The predicted octanol–water partition coefficient (Wildman–Crippen LogP) is 0.563. The molecule has 0 radical (unpaired) electrons. The minimum absolute atomic E-state index is 0.0504. The van der Waals surface area contributed by atoms with Crippen molar-refractivity contribution in [2.24, 2.45) is 5.10 Å². The molecule has 9 nitrogen and oxygen atoms in total. The molecule has 134 valence electrons. The van der Waals surface area contributed by atoms with Gasteiger partial charge in [0, 0.05) is 31.5 Å². The second-order valence-corrected chi connectivity index (χ2v) is 5.34. The Morgan fingerprint density at radius 2 is 2.08 bits per heavy atom. The number of aliphatic hydroxyl groups is 1. The number of carbonyl (C=O) groups is 3. The minimum Gasteiger partial charge on any atom is -0.494 e. The van der Waals surface area contributed by atoms with E-state index in [4.69, 9.17) is 9.84 Å². The first-order valence-electron chi connectivity index (χ1n) is 7.70. The zero-order valence-electron chi connectivity index (χ0n) is 14.0. The number of methoxy groups -OCH3 is 1. The Hall–Kier alpha value is -2.94. The molecule has 0 fully saturated rings. The zero-order chi connectivity index (χ0) is 18.4. The van der Waals surface area contributed by atoms with Crippen molar-refractivity contribution in [3.05, 3.63) is 18.2 Å². The maximum absolute atomic E-state index is 12.3. The van der Waals surface area contributed by atoms with Crippen molar-refractivity contribution >= 4 is 34.8 Å². The Morgan fingerprint density at radius 3 is 2.72 bits per heavy atom. The monoisotopic (exact) mass is 348 g/mol. The van der Waals surface area contributed by atoms with Crippen LogP contribution in [0.15, 0.2) is 23.3 Å². The van der Waals surface area contributed by atoms with Crippen LogP contribution in [0.1, 0.15) is 19.8 Å². The molecule has 1 aliphatic rings. The average molecular weight is 348 g/mol. The number of benzene rings is 1. The molecular weight excluding hydrogens is 328 g/mol. The SMILES string of the molecule is COc1cc(NC(=O)C2=NN(CCO)C(=O)CC2)ccc1NC(C)=O. The van der Waals surface area contributed by atoms with Gasteiger partial charge in [0.1, 0.15) is 11.5 Å². The van der Waals surface area contributed by atoms with E-state index < -0.39 is 5.91 Å². The molecule has 0 saturated heterocycles. The Balaban J connectivity index is 2.13. The van der Waals surface area contributed by atoms with Gasteiger partial charge < -0.3 is 20.5 Å². The van der Waals surface area contributed by atoms with Gasteiger partial charge in [-0.1, -0.05) is 0 Å². The molecule has 0 spiro atoms. The highest BCUT2D eigenvalue weighted by atomic mass is 16.5. The van der Waals surface area contributed by atoms with Crippen molar-refractivity contribution < 1.29 is 24.2 Å². The highest BCUT2D eigenvalue weighted by Crippen LogP contribution is 2.28. The lowest BCUT2D eigenvalue weighted by molar-refractivity contribution is -0.132. The lowest BCUT2D eigenvalue weighted by Crippen LogP contribution is -2.37. The van der Waals surface area contributed by atoms with Crippen LogP contribution in [0.5, 0.6) is 5.75 Å². The number of rotatable bonds is 6. The summed E-state index contributed by atoms with van der Waals surface area (Å²) in [5.41, 5.74) is 1.16. The van der Waals surface area contributed by atoms with Crippen molar-refractivity contribution in [1.82, 2.24) is 5.01 Å². The van der Waals surface area contributed by atoms with Gasteiger partial charge in [-0.3, -0.25) is 14.4 Å². The Bertz CT molecular complexity index is 716. The van der Waals surface area contributed by atoms with Crippen LogP contribution >= 0.6 is 0 Å². The van der Waals surface area contributed by atoms with Crippen LogP contribution in [0.3, 0.4) is 0 Å². The molecule has 1 aliphatic heterocycles. The number of ether oxygens (including phenoxy) is 1. The van der Waals surface area contributed by atoms with E-state index in [0.717, 1.165) is 5.01 Å². The first-order valence-corrected chi connectivity index (χ1v) is 7.70. The predicted molar refractivity (Wildman–Crippen MR) is 91.4 cm³/mol. The molecule has 0 aromatic heterocycles. The van der Waals surface area contributed by atoms with Crippen molar-refractivity contribution in [2.45, 2.75) is 19.8 Å². The average Bonchev–Trinajstić information content (AvgIpc) is 2.57. The Labute approximate surface area is 144 Å². The summed E-state index contributed by atoms with van der Waals surface area (Å²) in [6.45, 7) is 1.20. The number of hydrogen-bond donors (Lipinski definition) is 3. The standard InChI is InChI=1S/C16H20N4O5/c1-10(22)17-12-4-3-11(9-14(12)25-2)18-16(24)13-5-6-15(23)20(19-13)7-8-21/h3-4,9,21H,5-8H2,1-2H3,(H,17,22)(H,18,24). The van der Waals surface area contributed by atoms with Crippen LogP contribution in [0.2, 0.25) is 0 Å². The van der Waals surface area contributed by atoms with Gasteiger partial charge in [-0.05, 0) is 12.1 Å². The van der Waals surface area contributed by atoms with E-state index in [1.54, 1.807) is 18.2 Å². The number of aliphatic hydroxyl groups excluding tert-OH is 1. The highest BCUT2D eigenvalue weighted by molar-refractivity contribution is 6.43. The molecule has 9 heteroatoms. The number of nitrogens with one attached hydrogen (secondary N) is 2. The quantitative estimate of drug-likeness (QED) is 0.694. The van der Waals surface area contributed by atoms with E-state index in [2.05, 4.69) is 15.7 Å². The molecule has 3 N–H and O–H groups in total. The van der Waals surface area contributed by atoms with Crippen LogP contribution < -0.4 is 15.4 Å². The maximum atomic E-state index is 12.3. The summed E-state index contributed by atoms with van der Waals surface area (Å²) >= 11 is 0. The smallest absolute Gasteiger partial charge is 0.271 e. The van der Waals surface area contributed by atoms with Crippen LogP contribution in [0.4, 0.5) is 11.4 Å². The lowest BCUT2D eigenvalue weighted by Gasteiger charge is -2.22. The largest absolute Gasteiger partial charge is 0.494 e. The second kappa shape index (κ2) is 8.25. The van der Waals surface area contributed by atoms with Crippen LogP contribution in [-0.4, -0.2) is 53.8 Å². The van der Waals surface area contributed by atoms with Gasteiger partial charge in [-0.25, -0.2) is 5.01 Å². The van der Waals surface area contributed by atoms with Gasteiger partial charge >= 0.3 is 0 Å². The zero-order valence-corrected chi connectivity index (χ0v) is 14.0. The van der Waals surface area contributed by atoms with Crippen LogP contribution in [0.25, 0.3) is 0 Å². The van der Waals surface area contributed by atoms with Gasteiger partial charge in [0.05, 0.1) is 25.9 Å². The van der Waals surface area contributed by atoms with E-state index in [1.807, 2.05) is 0 Å². The number of carbonyl (C=O) groups excluding carboxylic acids is 3. The number of β-amino-alcohol motifs (C(OH)–C–C–N with tert-alkyl or cyclic N) is 1. The number of hydrazone groups is 1. The molecule has 25 heavy (non-hydrogen) atoms. The van der Waals surface area contributed by atoms with E-state index >= 15 is 0 Å². The van der Waals surface area contributed by atoms with Gasteiger partial charge in [-0.2, -0.15) is 5.10 Å². The van der Waals surface area contributed by atoms with Crippen LogP contribution in [-0.2, 0) is 14.4 Å². The summed E-state index contributed by atoms with van der Waals surface area (Å²) in [5, 5.41) is 19.3. The van der Waals surface area contributed by atoms with Crippen LogP contribution in [0, 0.1) is 0 Å². The molecule has 0 bridgehead atoms. The Kier molecular flexibility index (Phi) is 6.07. The highest BCUT2D eigenvalue weighted by Gasteiger charge is 2.24. The third kappa shape index (κ3) is 4.77. The van der Waals surface area contributed by atoms with Crippen molar-refractivity contribution in [3.63, 3.8) is 0 Å². The normalized spacial score (nSPS) is 14.0. The van der Waals surface area contributed by atoms with E-state index in [1.165, 1.54) is 14.0 Å². The molecule has 1 heterocycles. The summed E-state index contributed by atoms with van der Waals surface area (Å²) in [7, 11) is 1.45. The summed E-state index contributed by atoms with van der Waals surface area (Å²) in [4.78, 5) is 35.1. The summed E-state index contributed by atoms with van der Waals surface area (Å²) in [5.74, 6) is -0.507. The first-order chi connectivity index (χ1) is 11.9. The molecule has 2 rings (SSSR count). The summed E-state index contributed by atoms with van der Waals surface area (Å²) in [6, 6.07) is 4.80. The second-order valence-electron chi connectivity index (χ2n) is 5.34. The fourth-order valence-electron chi connectivity index (χ4n) is 2.30. The molecule has 1 aromatic carbocycles. The number of anilines is 2. The summed E-state index contributed by atoms with van der Waals surface area (Å²) < 4.78 is 5.20. The molecule has 0 aliphatic carbocycles. The van der Waals surface area contributed by atoms with E-state index in [9.17, 15) is 14.4 Å². The third-order valence-electron chi connectivity index (χ3n) is 3.45. The molecule has 0 atom stereocenters. The first kappa shape index (κ1) is 18.4. The lowest BCUT2D eigenvalue weighted by atomic mass is 10.1. The molecule has 1 aromatic rings. The molecular formula is C16H20N4O5. The fraction of sp³-hybridized carbons (Fsp3) is 0.375. The topological polar surface area (TPSA) is 120 Å². The fourth-order valence-corrected chi connectivity index (χ4v) is 2.30. The Morgan fingerprint density at radius 1 is 1.32 bits per heavy atom. The van der Waals surface area contributed by atoms with Gasteiger partial charge in [0.25, 0.3) is 5.91 Å². The molecule has 0 unspecified atom stereocenters. The molecule has 0 saturated carbocycles. The van der Waals surface area contributed by atoms with Crippen molar-refractivity contribution in [1.29, 1.82) is 0 Å². The van der Waals surface area contributed by atoms with Crippen molar-refractivity contribution in [2.75, 3.05) is 30.9 Å². The van der Waals surface area contributed by atoms with E-state index in [-0.39, 0.29) is 43.5 Å². The number of amides is 3. The van der Waals surface area contributed by atoms with Crippen molar-refractivity contribution in [3.8, 4) is 5.75 Å². The van der Waals surface area contributed by atoms with E-state index in [0.29, 0.717) is 17.1 Å². The van der Waals surface area contributed by atoms with Gasteiger partial charge in [0.2, 0.25) is 11.8 Å². The minimum atomic E-state index is -0.440. The number of nitrogens with zero attached hydrogens (tertiary/aromatic N) is 2. The maximum Gasteiger partial charge on any atom is 0.271 e. The third-order valence-corrected chi connectivity index (χ3v) is 3.45. The van der Waals surface area contributed by atoms with Gasteiger partial charge in [-0.15, -0.1) is 0 Å². The van der Waals surface area contributed by atoms with Gasteiger partial charge in [0.15, 0.2) is 0 Å². The number of hydrogen-bond acceptors (Lipinski definition) is 6. The molecule has 3 amide bonds.